The molecule has 0 aliphatic heterocycles. The van der Waals surface area contributed by atoms with E-state index in [9.17, 15) is 39.6 Å². The molecule has 190 valence electrons. The first-order valence-corrected chi connectivity index (χ1v) is 12.0. The topological polar surface area (TPSA) is 86.3 Å². The summed E-state index contributed by atoms with van der Waals surface area (Å²) in [6, 6.07) is 4.81. The van der Waals surface area contributed by atoms with E-state index < -0.39 is 61.1 Å². The third-order valence-corrected chi connectivity index (χ3v) is 7.25. The van der Waals surface area contributed by atoms with E-state index in [-0.39, 0.29) is 16.1 Å². The third kappa shape index (κ3) is 4.57. The van der Waals surface area contributed by atoms with Crippen LogP contribution in [0.25, 0.3) is 22.6 Å². The Morgan fingerprint density at radius 1 is 0.972 bits per heavy atom. The molecule has 0 N–H and O–H groups in total. The molecule has 0 amide bonds. The standard InChI is InChI=1S/C21H13ClF6N4O3S/c1-2-36(34,35)16-7-11(14-4-3-12(8-15(14)22)20(23,24)25)10-29-18(16)32-19(33)31-6-5-13(21(26,27)28)9-17(31)30-32/h3-10H,2H2,1H3. The fourth-order valence-corrected chi connectivity index (χ4v) is 4.67. The number of pyridine rings is 2. The first kappa shape index (κ1) is 25.7. The summed E-state index contributed by atoms with van der Waals surface area (Å²) in [6.45, 7) is 1.30. The normalized spacial score (nSPS) is 12.9. The van der Waals surface area contributed by atoms with Crippen LogP contribution < -0.4 is 5.69 Å². The molecule has 0 atom stereocenters. The quantitative estimate of drug-likeness (QED) is 0.333. The Morgan fingerprint density at radius 3 is 2.19 bits per heavy atom. The molecule has 4 aromatic rings. The van der Waals surface area contributed by atoms with Crippen LogP contribution in [0.1, 0.15) is 18.1 Å². The molecule has 0 spiro atoms. The fraction of sp³-hybridized carbons (Fsp3) is 0.190. The molecule has 36 heavy (non-hydrogen) atoms. The van der Waals surface area contributed by atoms with E-state index in [1.54, 1.807) is 0 Å². The van der Waals surface area contributed by atoms with E-state index >= 15 is 0 Å². The first-order valence-electron chi connectivity index (χ1n) is 9.92. The van der Waals surface area contributed by atoms with E-state index in [1.807, 2.05) is 0 Å². The molecule has 3 aromatic heterocycles. The molecule has 0 aliphatic rings. The predicted octanol–water partition coefficient (Wildman–Crippen LogP) is 5.03. The zero-order chi connectivity index (χ0) is 26.6. The molecule has 0 radical (unpaired) electrons. The number of hydrogen-bond donors (Lipinski definition) is 0. The lowest BCUT2D eigenvalue weighted by Gasteiger charge is -2.13. The van der Waals surface area contributed by atoms with Gasteiger partial charge in [-0.2, -0.15) is 31.0 Å². The Bertz CT molecular complexity index is 1660. The molecule has 7 nitrogen and oxygen atoms in total. The van der Waals surface area contributed by atoms with Crippen molar-refractivity contribution in [3.05, 3.63) is 75.4 Å². The molecular weight excluding hydrogens is 538 g/mol. The Balaban J connectivity index is 1.93. The molecule has 0 bridgehead atoms. The summed E-state index contributed by atoms with van der Waals surface area (Å²) in [6.07, 6.45) is -7.46. The fourth-order valence-electron chi connectivity index (χ4n) is 3.34. The van der Waals surface area contributed by atoms with Gasteiger partial charge < -0.3 is 0 Å². The van der Waals surface area contributed by atoms with Crippen molar-refractivity contribution in [2.45, 2.75) is 24.2 Å². The van der Waals surface area contributed by atoms with Crippen molar-refractivity contribution in [3.63, 3.8) is 0 Å². The number of rotatable bonds is 4. The summed E-state index contributed by atoms with van der Waals surface area (Å²) in [5, 5.41) is 3.48. The number of benzene rings is 1. The van der Waals surface area contributed by atoms with Gasteiger partial charge in [-0.3, -0.25) is 0 Å². The van der Waals surface area contributed by atoms with E-state index in [2.05, 4.69) is 10.1 Å². The molecule has 3 heterocycles. The largest absolute Gasteiger partial charge is 0.416 e. The lowest BCUT2D eigenvalue weighted by atomic mass is 10.1. The van der Waals surface area contributed by atoms with Crippen LogP contribution in [0.4, 0.5) is 26.3 Å². The molecule has 1 aromatic carbocycles. The second-order valence-corrected chi connectivity index (χ2v) is 10.1. The van der Waals surface area contributed by atoms with E-state index in [4.69, 9.17) is 11.6 Å². The summed E-state index contributed by atoms with van der Waals surface area (Å²) in [5.41, 5.74) is -3.43. The second kappa shape index (κ2) is 8.62. The van der Waals surface area contributed by atoms with Gasteiger partial charge in [0.05, 0.1) is 16.9 Å². The number of hydrogen-bond acceptors (Lipinski definition) is 5. The van der Waals surface area contributed by atoms with Crippen molar-refractivity contribution >= 4 is 27.1 Å². The number of sulfone groups is 1. The monoisotopic (exact) mass is 550 g/mol. The van der Waals surface area contributed by atoms with Gasteiger partial charge in [-0.25, -0.2) is 22.6 Å². The lowest BCUT2D eigenvalue weighted by Crippen LogP contribution is -2.23. The summed E-state index contributed by atoms with van der Waals surface area (Å²) >= 11 is 6.02. The van der Waals surface area contributed by atoms with Gasteiger partial charge in [0.15, 0.2) is 21.3 Å². The summed E-state index contributed by atoms with van der Waals surface area (Å²) in [5.74, 6) is -0.947. The van der Waals surface area contributed by atoms with Gasteiger partial charge in [0, 0.05) is 28.5 Å². The zero-order valence-electron chi connectivity index (χ0n) is 17.9. The summed E-state index contributed by atoms with van der Waals surface area (Å²) < 4.78 is 105. The van der Waals surface area contributed by atoms with Gasteiger partial charge in [0.1, 0.15) is 4.90 Å². The molecule has 4 rings (SSSR count). The maximum absolute atomic E-state index is 13.1. The predicted molar refractivity (Wildman–Crippen MR) is 117 cm³/mol. The Kier molecular flexibility index (Phi) is 6.15. The Hall–Kier alpha value is -3.39. The molecule has 0 unspecified atom stereocenters. The number of fused-ring (bicyclic) bond motifs is 1. The van der Waals surface area contributed by atoms with Crippen LogP contribution >= 0.6 is 11.6 Å². The van der Waals surface area contributed by atoms with Crippen molar-refractivity contribution in [2.24, 2.45) is 0 Å². The van der Waals surface area contributed by atoms with Crippen LogP contribution in [0.15, 0.2) is 58.5 Å². The lowest BCUT2D eigenvalue weighted by molar-refractivity contribution is -0.138. The molecule has 0 fully saturated rings. The van der Waals surface area contributed by atoms with Gasteiger partial charge >= 0.3 is 18.0 Å². The number of halogens is 7. The zero-order valence-corrected chi connectivity index (χ0v) is 19.5. The Morgan fingerprint density at radius 2 is 1.61 bits per heavy atom. The maximum atomic E-state index is 13.1. The highest BCUT2D eigenvalue weighted by Crippen LogP contribution is 2.36. The molecule has 15 heteroatoms. The second-order valence-electron chi connectivity index (χ2n) is 7.48. The maximum Gasteiger partial charge on any atom is 0.416 e. The van der Waals surface area contributed by atoms with Gasteiger partial charge in [-0.05, 0) is 30.3 Å². The molecule has 0 saturated heterocycles. The highest BCUT2D eigenvalue weighted by Gasteiger charge is 2.32. The average molecular weight is 551 g/mol. The Labute approximate surface area is 203 Å². The van der Waals surface area contributed by atoms with Crippen molar-refractivity contribution in [1.82, 2.24) is 19.2 Å². The van der Waals surface area contributed by atoms with Gasteiger partial charge in [-0.1, -0.05) is 24.6 Å². The number of alkyl halides is 6. The van der Waals surface area contributed by atoms with Crippen LogP contribution in [-0.4, -0.2) is 33.3 Å². The summed E-state index contributed by atoms with van der Waals surface area (Å²) in [4.78, 5) is 16.3. The smallest absolute Gasteiger partial charge is 0.250 e. The van der Waals surface area contributed by atoms with Crippen LogP contribution in [-0.2, 0) is 22.2 Å². The van der Waals surface area contributed by atoms with Crippen LogP contribution in [0, 0.1) is 0 Å². The molecular formula is C21H13ClF6N4O3S. The highest BCUT2D eigenvalue weighted by atomic mass is 35.5. The van der Waals surface area contributed by atoms with E-state index in [1.165, 1.54) is 6.92 Å². The van der Waals surface area contributed by atoms with Crippen molar-refractivity contribution in [2.75, 3.05) is 5.75 Å². The van der Waals surface area contributed by atoms with Crippen molar-refractivity contribution in [1.29, 1.82) is 0 Å². The third-order valence-electron chi connectivity index (χ3n) is 5.21. The SMILES string of the molecule is CCS(=O)(=O)c1cc(-c2ccc(C(F)(F)F)cc2Cl)cnc1-n1nc2cc(C(F)(F)F)ccn2c1=O. The molecule has 0 saturated carbocycles. The molecule has 0 aliphatic carbocycles. The summed E-state index contributed by atoms with van der Waals surface area (Å²) in [7, 11) is -4.11. The van der Waals surface area contributed by atoms with E-state index in [0.717, 1.165) is 35.0 Å². The number of aromatic nitrogens is 4. The van der Waals surface area contributed by atoms with Gasteiger partial charge in [-0.15, -0.1) is 5.10 Å². The minimum absolute atomic E-state index is 0.0284. The highest BCUT2D eigenvalue weighted by molar-refractivity contribution is 7.91. The van der Waals surface area contributed by atoms with Gasteiger partial charge in [0.25, 0.3) is 0 Å². The van der Waals surface area contributed by atoms with Crippen LogP contribution in [0.3, 0.4) is 0 Å². The first-order chi connectivity index (χ1) is 16.6. The minimum atomic E-state index is -4.71. The van der Waals surface area contributed by atoms with Crippen molar-refractivity contribution in [3.8, 4) is 16.9 Å². The van der Waals surface area contributed by atoms with Crippen molar-refractivity contribution < 1.29 is 34.8 Å². The van der Waals surface area contributed by atoms with Crippen LogP contribution in [0.5, 0.6) is 0 Å². The van der Waals surface area contributed by atoms with Crippen LogP contribution in [0.2, 0.25) is 5.02 Å². The van der Waals surface area contributed by atoms with E-state index in [0.29, 0.717) is 22.9 Å². The van der Waals surface area contributed by atoms with Gasteiger partial charge in [0.2, 0.25) is 0 Å². The minimum Gasteiger partial charge on any atom is -0.250 e. The number of nitrogens with zero attached hydrogens (tertiary/aromatic N) is 4. The average Bonchev–Trinajstić information content (AvgIpc) is 3.13.